The minimum absolute atomic E-state index is 0.0671. The number of rotatable bonds is 6. The summed E-state index contributed by atoms with van der Waals surface area (Å²) in [5.41, 5.74) is 0.543. The van der Waals surface area contributed by atoms with Crippen LogP contribution in [0, 0.1) is 0 Å². The second kappa shape index (κ2) is 4.97. The summed E-state index contributed by atoms with van der Waals surface area (Å²) >= 11 is 5.95. The van der Waals surface area contributed by atoms with Gasteiger partial charge in [0.2, 0.25) is 0 Å². The fraction of sp³-hybridized carbons (Fsp3) is 0.636. The molecule has 0 aliphatic heterocycles. The summed E-state index contributed by atoms with van der Waals surface area (Å²) in [7, 11) is 0. The van der Waals surface area contributed by atoms with Crippen LogP contribution in [-0.4, -0.2) is 28.2 Å². The molecule has 1 aliphatic carbocycles. The maximum atomic E-state index is 11.9. The van der Waals surface area contributed by atoms with Gasteiger partial charge in [-0.1, -0.05) is 11.6 Å². The highest BCUT2D eigenvalue weighted by atomic mass is 35.5. The van der Waals surface area contributed by atoms with Gasteiger partial charge in [-0.05, 0) is 19.8 Å². The minimum atomic E-state index is 0.0671. The van der Waals surface area contributed by atoms with Crippen molar-refractivity contribution in [3.05, 3.63) is 16.9 Å². The number of Topliss-reactive ketones (excluding diaryl/α,β-unsaturated/α-hetero) is 1. The normalized spacial score (nSPS) is 15.4. The van der Waals surface area contributed by atoms with Gasteiger partial charge in [0.25, 0.3) is 0 Å². The number of carbonyl (C=O) groups is 1. The lowest BCUT2D eigenvalue weighted by Crippen LogP contribution is -2.21. The molecule has 88 valence electrons. The van der Waals surface area contributed by atoms with Gasteiger partial charge in [0.05, 0.1) is 11.2 Å². The van der Waals surface area contributed by atoms with Crippen LogP contribution in [0.1, 0.15) is 36.7 Å². The summed E-state index contributed by atoms with van der Waals surface area (Å²) in [4.78, 5) is 11.9. The van der Waals surface area contributed by atoms with Crippen molar-refractivity contribution in [2.24, 2.45) is 0 Å². The van der Waals surface area contributed by atoms with E-state index in [1.165, 1.54) is 19.0 Å². The van der Waals surface area contributed by atoms with Gasteiger partial charge in [0, 0.05) is 25.6 Å². The van der Waals surface area contributed by atoms with Crippen LogP contribution in [0.2, 0.25) is 5.02 Å². The fourth-order valence-corrected chi connectivity index (χ4v) is 1.92. The van der Waals surface area contributed by atoms with Crippen LogP contribution in [-0.2, 0) is 6.54 Å². The van der Waals surface area contributed by atoms with Crippen LogP contribution in [0.15, 0.2) is 6.20 Å². The molecule has 1 aromatic rings. The molecular formula is C11H16ClN3O. The molecule has 0 bridgehead atoms. The number of halogens is 1. The molecule has 1 saturated carbocycles. The van der Waals surface area contributed by atoms with Gasteiger partial charge in [-0.3, -0.25) is 9.48 Å². The first-order valence-electron chi connectivity index (χ1n) is 5.70. The van der Waals surface area contributed by atoms with E-state index in [-0.39, 0.29) is 5.78 Å². The molecule has 1 aliphatic rings. The van der Waals surface area contributed by atoms with Gasteiger partial charge in [-0.2, -0.15) is 5.10 Å². The maximum absolute atomic E-state index is 11.9. The first-order valence-corrected chi connectivity index (χ1v) is 6.08. The zero-order valence-corrected chi connectivity index (χ0v) is 10.1. The van der Waals surface area contributed by atoms with Crippen molar-refractivity contribution < 1.29 is 4.79 Å². The Hall–Kier alpha value is -0.870. The Morgan fingerprint density at radius 2 is 2.44 bits per heavy atom. The summed E-state index contributed by atoms with van der Waals surface area (Å²) in [5.74, 6) is 0.0671. The quantitative estimate of drug-likeness (QED) is 0.774. The van der Waals surface area contributed by atoms with Crippen LogP contribution in [0.5, 0.6) is 0 Å². The first-order chi connectivity index (χ1) is 7.72. The zero-order valence-electron chi connectivity index (χ0n) is 9.37. The monoisotopic (exact) mass is 241 g/mol. The van der Waals surface area contributed by atoms with E-state index >= 15 is 0 Å². The maximum Gasteiger partial charge on any atom is 0.183 e. The lowest BCUT2D eigenvalue weighted by molar-refractivity contribution is 0.0972. The minimum Gasteiger partial charge on any atom is -0.314 e. The molecule has 1 heterocycles. The lowest BCUT2D eigenvalue weighted by atomic mass is 10.2. The second-order valence-corrected chi connectivity index (χ2v) is 4.47. The SMILES string of the molecule is CCn1ncc(Cl)c1C(=O)CCNC1CC1. The van der Waals surface area contributed by atoms with Crippen LogP contribution in [0.25, 0.3) is 0 Å². The molecule has 1 N–H and O–H groups in total. The third kappa shape index (κ3) is 2.62. The predicted octanol–water partition coefficient (Wildman–Crippen LogP) is 1.88. The highest BCUT2D eigenvalue weighted by Crippen LogP contribution is 2.19. The molecule has 16 heavy (non-hydrogen) atoms. The first kappa shape index (κ1) is 11.6. The number of ketones is 1. The molecule has 0 unspecified atom stereocenters. The Morgan fingerprint density at radius 3 is 3.06 bits per heavy atom. The number of hydrogen-bond donors (Lipinski definition) is 1. The number of carbonyl (C=O) groups excluding carboxylic acids is 1. The molecule has 0 saturated heterocycles. The van der Waals surface area contributed by atoms with Gasteiger partial charge >= 0.3 is 0 Å². The molecule has 5 heteroatoms. The van der Waals surface area contributed by atoms with Crippen molar-refractivity contribution in [3.63, 3.8) is 0 Å². The van der Waals surface area contributed by atoms with Crippen molar-refractivity contribution in [3.8, 4) is 0 Å². The van der Waals surface area contributed by atoms with Crippen LogP contribution in [0.4, 0.5) is 0 Å². The smallest absolute Gasteiger partial charge is 0.183 e. The van der Waals surface area contributed by atoms with Crippen molar-refractivity contribution >= 4 is 17.4 Å². The highest BCUT2D eigenvalue weighted by molar-refractivity contribution is 6.33. The van der Waals surface area contributed by atoms with Crippen molar-refractivity contribution in [1.82, 2.24) is 15.1 Å². The predicted molar refractivity (Wildman–Crippen MR) is 62.9 cm³/mol. The van der Waals surface area contributed by atoms with E-state index in [0.717, 1.165) is 6.54 Å². The summed E-state index contributed by atoms with van der Waals surface area (Å²) < 4.78 is 1.65. The Morgan fingerprint density at radius 1 is 1.69 bits per heavy atom. The van der Waals surface area contributed by atoms with Crippen molar-refractivity contribution in [1.29, 1.82) is 0 Å². The van der Waals surface area contributed by atoms with E-state index in [4.69, 9.17) is 11.6 Å². The Kier molecular flexibility index (Phi) is 3.61. The topological polar surface area (TPSA) is 46.9 Å². The summed E-state index contributed by atoms with van der Waals surface area (Å²) in [6, 6.07) is 0.638. The molecule has 0 spiro atoms. The summed E-state index contributed by atoms with van der Waals surface area (Å²) in [5, 5.41) is 7.82. The van der Waals surface area contributed by atoms with Crippen LogP contribution >= 0.6 is 11.6 Å². The average molecular weight is 242 g/mol. The molecular weight excluding hydrogens is 226 g/mol. The highest BCUT2D eigenvalue weighted by Gasteiger charge is 2.21. The fourth-order valence-electron chi connectivity index (χ4n) is 1.68. The van der Waals surface area contributed by atoms with Crippen LogP contribution < -0.4 is 5.32 Å². The number of aromatic nitrogens is 2. The molecule has 1 aromatic heterocycles. The molecule has 0 aromatic carbocycles. The van der Waals surface area contributed by atoms with E-state index in [0.29, 0.717) is 29.7 Å². The average Bonchev–Trinajstić information content (AvgIpc) is 3.00. The van der Waals surface area contributed by atoms with Gasteiger partial charge < -0.3 is 5.32 Å². The largest absolute Gasteiger partial charge is 0.314 e. The summed E-state index contributed by atoms with van der Waals surface area (Å²) in [6.07, 6.45) is 4.50. The van der Waals surface area contributed by atoms with E-state index in [1.54, 1.807) is 4.68 Å². The zero-order chi connectivity index (χ0) is 11.5. The summed E-state index contributed by atoms with van der Waals surface area (Å²) in [6.45, 7) is 3.35. The molecule has 1 fully saturated rings. The molecule has 0 atom stereocenters. The number of nitrogens with zero attached hydrogens (tertiary/aromatic N) is 2. The third-order valence-electron chi connectivity index (χ3n) is 2.72. The van der Waals surface area contributed by atoms with Crippen molar-refractivity contribution in [2.75, 3.05) is 6.54 Å². The lowest BCUT2D eigenvalue weighted by Gasteiger charge is -2.05. The molecule has 0 radical (unpaired) electrons. The standard InChI is InChI=1S/C11H16ClN3O/c1-2-15-11(9(12)7-14-15)10(16)5-6-13-8-3-4-8/h7-8,13H,2-6H2,1H3. The molecule has 0 amide bonds. The number of hydrogen-bond acceptors (Lipinski definition) is 3. The van der Waals surface area contributed by atoms with E-state index in [9.17, 15) is 4.79 Å². The van der Waals surface area contributed by atoms with Crippen LogP contribution in [0.3, 0.4) is 0 Å². The van der Waals surface area contributed by atoms with E-state index < -0.39 is 0 Å². The Bertz CT molecular complexity index is 385. The Labute approximate surface area is 100.0 Å². The van der Waals surface area contributed by atoms with Crippen molar-refractivity contribution in [2.45, 2.75) is 38.8 Å². The van der Waals surface area contributed by atoms with Gasteiger partial charge in [-0.25, -0.2) is 0 Å². The van der Waals surface area contributed by atoms with Gasteiger partial charge in [0.1, 0.15) is 5.69 Å². The van der Waals surface area contributed by atoms with Gasteiger partial charge in [0.15, 0.2) is 5.78 Å². The Balaban J connectivity index is 1.92. The molecule has 2 rings (SSSR count). The van der Waals surface area contributed by atoms with E-state index in [1.807, 2.05) is 6.92 Å². The number of nitrogens with one attached hydrogen (secondary N) is 1. The number of aryl methyl sites for hydroxylation is 1. The molecule has 4 nitrogen and oxygen atoms in total. The second-order valence-electron chi connectivity index (χ2n) is 4.06. The third-order valence-corrected chi connectivity index (χ3v) is 3.00. The van der Waals surface area contributed by atoms with Gasteiger partial charge in [-0.15, -0.1) is 0 Å². The van der Waals surface area contributed by atoms with E-state index in [2.05, 4.69) is 10.4 Å².